The second kappa shape index (κ2) is 4.28. The van der Waals surface area contributed by atoms with Crippen molar-refractivity contribution in [1.29, 1.82) is 0 Å². The lowest BCUT2D eigenvalue weighted by molar-refractivity contribution is 0.158. The number of aliphatic hydroxyl groups excluding tert-OH is 1. The van der Waals surface area contributed by atoms with Crippen molar-refractivity contribution in [2.75, 3.05) is 0 Å². The van der Waals surface area contributed by atoms with Crippen LogP contribution in [-0.2, 0) is 0 Å². The lowest BCUT2D eigenvalue weighted by Crippen LogP contribution is -1.86. The molecule has 2 aromatic rings. The van der Waals surface area contributed by atoms with E-state index >= 15 is 0 Å². The zero-order chi connectivity index (χ0) is 11.7. The average molecular weight is 238 g/mol. The highest BCUT2D eigenvalue weighted by molar-refractivity contribution is 6.31. The van der Waals surface area contributed by atoms with Gasteiger partial charge in [0.25, 0.3) is 0 Å². The highest BCUT2D eigenvalue weighted by Crippen LogP contribution is 2.29. The molecule has 0 aliphatic rings. The van der Waals surface area contributed by atoms with Gasteiger partial charge in [-0.2, -0.15) is 0 Å². The predicted octanol–water partition coefficient (Wildman–Crippen LogP) is 3.36. The Morgan fingerprint density at radius 2 is 2.19 bits per heavy atom. The quantitative estimate of drug-likeness (QED) is 0.871. The molecule has 0 fully saturated rings. The highest BCUT2D eigenvalue weighted by Gasteiger charge is 2.12. The molecule has 1 aromatic heterocycles. The molecular weight excluding hydrogens is 226 g/mol. The smallest absolute Gasteiger partial charge is 0.165 e. The summed E-state index contributed by atoms with van der Waals surface area (Å²) < 4.78 is 5.03. The van der Waals surface area contributed by atoms with Crippen LogP contribution in [0.2, 0.25) is 5.02 Å². The normalized spacial score (nSPS) is 12.8. The molecule has 2 rings (SSSR count). The molecule has 0 aliphatic heterocycles. The number of aromatic nitrogens is 1. The van der Waals surface area contributed by atoms with Gasteiger partial charge in [0.15, 0.2) is 5.76 Å². The van der Waals surface area contributed by atoms with Crippen LogP contribution in [0.4, 0.5) is 0 Å². The van der Waals surface area contributed by atoms with Gasteiger partial charge in [-0.25, -0.2) is 0 Å². The van der Waals surface area contributed by atoms with E-state index in [-0.39, 0.29) is 0 Å². The molecule has 0 saturated heterocycles. The zero-order valence-corrected chi connectivity index (χ0v) is 9.82. The minimum atomic E-state index is -0.652. The fourth-order valence-electron chi connectivity index (χ4n) is 1.50. The number of aliphatic hydroxyl groups is 1. The van der Waals surface area contributed by atoms with Gasteiger partial charge < -0.3 is 9.63 Å². The second-order valence-electron chi connectivity index (χ2n) is 3.70. The summed E-state index contributed by atoms with van der Waals surface area (Å²) in [6, 6.07) is 7.34. The molecule has 16 heavy (non-hydrogen) atoms. The zero-order valence-electron chi connectivity index (χ0n) is 9.07. The summed E-state index contributed by atoms with van der Waals surface area (Å²) in [5.74, 6) is 0.453. The number of rotatable bonds is 2. The molecule has 0 saturated carbocycles. The summed E-state index contributed by atoms with van der Waals surface area (Å²) in [5, 5.41) is 14.0. The minimum Gasteiger partial charge on any atom is -0.385 e. The first-order valence-corrected chi connectivity index (χ1v) is 5.37. The first-order chi connectivity index (χ1) is 7.59. The molecule has 1 unspecified atom stereocenters. The highest BCUT2D eigenvalue weighted by atomic mass is 35.5. The fourth-order valence-corrected chi connectivity index (χ4v) is 1.67. The molecular formula is C12H12ClNO2. The largest absolute Gasteiger partial charge is 0.385 e. The van der Waals surface area contributed by atoms with E-state index in [1.807, 2.05) is 25.1 Å². The standard InChI is InChI=1S/C12H12ClNO2/c1-7-9(4-3-5-10(7)13)11-6-12(8(2)15)16-14-11/h3-6,8,15H,1-2H3. The van der Waals surface area contributed by atoms with E-state index in [1.54, 1.807) is 13.0 Å². The van der Waals surface area contributed by atoms with Crippen molar-refractivity contribution >= 4 is 11.6 Å². The molecule has 1 aromatic carbocycles. The number of hydrogen-bond donors (Lipinski definition) is 1. The van der Waals surface area contributed by atoms with Gasteiger partial charge in [0, 0.05) is 16.7 Å². The molecule has 0 radical (unpaired) electrons. The van der Waals surface area contributed by atoms with E-state index in [0.717, 1.165) is 11.1 Å². The summed E-state index contributed by atoms with van der Waals surface area (Å²) in [6.07, 6.45) is -0.652. The molecule has 0 amide bonds. The lowest BCUT2D eigenvalue weighted by Gasteiger charge is -2.02. The van der Waals surface area contributed by atoms with E-state index in [2.05, 4.69) is 5.16 Å². The van der Waals surface area contributed by atoms with Crippen LogP contribution in [0.1, 0.15) is 24.4 Å². The molecule has 0 bridgehead atoms. The number of nitrogens with zero attached hydrogens (tertiary/aromatic N) is 1. The maximum Gasteiger partial charge on any atom is 0.165 e. The third-order valence-corrected chi connectivity index (χ3v) is 2.89. The Kier molecular flexibility index (Phi) is 2.99. The van der Waals surface area contributed by atoms with Gasteiger partial charge in [0.1, 0.15) is 11.8 Å². The molecule has 1 heterocycles. The molecule has 4 heteroatoms. The van der Waals surface area contributed by atoms with Gasteiger partial charge in [-0.1, -0.05) is 28.9 Å². The van der Waals surface area contributed by atoms with Crippen molar-refractivity contribution in [2.24, 2.45) is 0 Å². The summed E-state index contributed by atoms with van der Waals surface area (Å²) in [4.78, 5) is 0. The average Bonchev–Trinajstić information content (AvgIpc) is 2.71. The Balaban J connectivity index is 2.47. The van der Waals surface area contributed by atoms with E-state index in [9.17, 15) is 5.11 Å². The van der Waals surface area contributed by atoms with Crippen molar-refractivity contribution in [2.45, 2.75) is 20.0 Å². The van der Waals surface area contributed by atoms with Gasteiger partial charge in [0.2, 0.25) is 0 Å². The van der Waals surface area contributed by atoms with Crippen LogP contribution in [0.25, 0.3) is 11.3 Å². The van der Waals surface area contributed by atoms with Gasteiger partial charge in [0.05, 0.1) is 0 Å². The number of hydrogen-bond acceptors (Lipinski definition) is 3. The van der Waals surface area contributed by atoms with Crippen molar-refractivity contribution in [3.05, 3.63) is 40.6 Å². The molecule has 3 nitrogen and oxygen atoms in total. The summed E-state index contributed by atoms with van der Waals surface area (Å²) in [6.45, 7) is 3.56. The van der Waals surface area contributed by atoms with E-state index < -0.39 is 6.10 Å². The van der Waals surface area contributed by atoms with E-state index in [4.69, 9.17) is 16.1 Å². The Morgan fingerprint density at radius 3 is 2.81 bits per heavy atom. The molecule has 1 N–H and O–H groups in total. The Morgan fingerprint density at radius 1 is 1.44 bits per heavy atom. The van der Waals surface area contributed by atoms with Crippen LogP contribution >= 0.6 is 11.6 Å². The maximum atomic E-state index is 9.35. The van der Waals surface area contributed by atoms with Crippen LogP contribution in [0, 0.1) is 6.92 Å². The Hall–Kier alpha value is -1.32. The van der Waals surface area contributed by atoms with Crippen LogP contribution < -0.4 is 0 Å². The van der Waals surface area contributed by atoms with Gasteiger partial charge in [-0.05, 0) is 25.5 Å². The van der Waals surface area contributed by atoms with Crippen molar-refractivity contribution in [3.8, 4) is 11.3 Å². The monoisotopic (exact) mass is 237 g/mol. The second-order valence-corrected chi connectivity index (χ2v) is 4.11. The molecule has 1 atom stereocenters. The first kappa shape index (κ1) is 11.2. The molecule has 84 valence electrons. The third-order valence-electron chi connectivity index (χ3n) is 2.48. The molecule has 0 aliphatic carbocycles. The van der Waals surface area contributed by atoms with Crippen molar-refractivity contribution in [3.63, 3.8) is 0 Å². The third kappa shape index (κ3) is 1.96. The SMILES string of the molecule is Cc1c(Cl)cccc1-c1cc(C(C)O)on1. The maximum absolute atomic E-state index is 9.35. The topological polar surface area (TPSA) is 46.3 Å². The van der Waals surface area contributed by atoms with Crippen LogP contribution in [0.5, 0.6) is 0 Å². The van der Waals surface area contributed by atoms with Crippen molar-refractivity contribution in [1.82, 2.24) is 5.16 Å². The van der Waals surface area contributed by atoms with E-state index in [1.165, 1.54) is 0 Å². The Bertz CT molecular complexity index is 505. The summed E-state index contributed by atoms with van der Waals surface area (Å²) in [7, 11) is 0. The van der Waals surface area contributed by atoms with Gasteiger partial charge >= 0.3 is 0 Å². The van der Waals surface area contributed by atoms with Crippen LogP contribution in [0.15, 0.2) is 28.8 Å². The van der Waals surface area contributed by atoms with Crippen LogP contribution in [0.3, 0.4) is 0 Å². The summed E-state index contributed by atoms with van der Waals surface area (Å²) in [5.41, 5.74) is 2.56. The van der Waals surface area contributed by atoms with Crippen LogP contribution in [-0.4, -0.2) is 10.3 Å². The van der Waals surface area contributed by atoms with Gasteiger partial charge in [-0.15, -0.1) is 0 Å². The van der Waals surface area contributed by atoms with Crippen molar-refractivity contribution < 1.29 is 9.63 Å². The predicted molar refractivity (Wildman–Crippen MR) is 62.3 cm³/mol. The lowest BCUT2D eigenvalue weighted by atomic mass is 10.1. The Labute approximate surface area is 98.6 Å². The minimum absolute atomic E-state index is 0.453. The fraction of sp³-hybridized carbons (Fsp3) is 0.250. The first-order valence-electron chi connectivity index (χ1n) is 4.99. The number of benzene rings is 1. The number of halogens is 1. The summed E-state index contributed by atoms with van der Waals surface area (Å²) >= 11 is 6.03. The van der Waals surface area contributed by atoms with Gasteiger partial charge in [-0.3, -0.25) is 0 Å². The van der Waals surface area contributed by atoms with E-state index in [0.29, 0.717) is 16.5 Å². The molecule has 0 spiro atoms.